The van der Waals surface area contributed by atoms with Crippen molar-refractivity contribution in [3.63, 3.8) is 0 Å². The average Bonchev–Trinajstić information content (AvgIpc) is 2.49. The van der Waals surface area contributed by atoms with Crippen molar-refractivity contribution < 1.29 is 9.53 Å². The first-order valence-corrected chi connectivity index (χ1v) is 5.98. The molecule has 6 heteroatoms. The Labute approximate surface area is 115 Å². The Hall–Kier alpha value is -1.43. The number of halogens is 1. The van der Waals surface area contributed by atoms with Gasteiger partial charge in [0.1, 0.15) is 0 Å². The first-order chi connectivity index (χ1) is 8.55. The summed E-state index contributed by atoms with van der Waals surface area (Å²) in [6, 6.07) is 7.11. The third kappa shape index (κ3) is 2.53. The third-order valence-corrected chi connectivity index (χ3v) is 3.06. The summed E-state index contributed by atoms with van der Waals surface area (Å²) >= 11 is 10.9. The smallest absolute Gasteiger partial charge is 0.249 e. The Morgan fingerprint density at radius 3 is 2.61 bits per heavy atom. The molecule has 1 atom stereocenters. The Bertz CT molecular complexity index is 515. The van der Waals surface area contributed by atoms with E-state index in [9.17, 15) is 4.79 Å². The highest BCUT2D eigenvalue weighted by Crippen LogP contribution is 2.26. The van der Waals surface area contributed by atoms with Gasteiger partial charge in [-0.1, -0.05) is 23.7 Å². The van der Waals surface area contributed by atoms with E-state index in [0.29, 0.717) is 5.02 Å². The first kappa shape index (κ1) is 13.0. The van der Waals surface area contributed by atoms with E-state index in [1.807, 2.05) is 12.1 Å². The Morgan fingerprint density at radius 1 is 1.33 bits per heavy atom. The van der Waals surface area contributed by atoms with E-state index in [2.05, 4.69) is 10.6 Å². The molecule has 0 aliphatic carbocycles. The molecular formula is C12H11ClN2O2S. The number of rotatable bonds is 2. The van der Waals surface area contributed by atoms with Crippen molar-refractivity contribution >= 4 is 34.8 Å². The minimum Gasteiger partial charge on any atom is -0.351 e. The van der Waals surface area contributed by atoms with Crippen LogP contribution in [-0.2, 0) is 15.3 Å². The van der Waals surface area contributed by atoms with Gasteiger partial charge in [0.05, 0.1) is 0 Å². The fourth-order valence-electron chi connectivity index (χ4n) is 1.69. The molecule has 0 radical (unpaired) electrons. The predicted octanol–water partition coefficient (Wildman–Crippen LogP) is 1.70. The van der Waals surface area contributed by atoms with Crippen LogP contribution < -0.4 is 10.6 Å². The topological polar surface area (TPSA) is 50.4 Å². The van der Waals surface area contributed by atoms with Crippen molar-refractivity contribution in [2.24, 2.45) is 0 Å². The molecule has 2 rings (SSSR count). The molecule has 2 N–H and O–H groups in total. The summed E-state index contributed by atoms with van der Waals surface area (Å²) in [5.41, 5.74) is -0.176. The molecule has 0 aromatic heterocycles. The van der Waals surface area contributed by atoms with E-state index in [4.69, 9.17) is 28.6 Å². The molecule has 0 spiro atoms. The molecule has 1 unspecified atom stereocenters. The minimum absolute atomic E-state index is 0.210. The van der Waals surface area contributed by atoms with Crippen LogP contribution in [0.15, 0.2) is 36.4 Å². The quantitative estimate of drug-likeness (QED) is 0.811. The largest absolute Gasteiger partial charge is 0.351 e. The SMILES string of the molecule is COC1(c2ccc(Cl)cc2)C=CC(=O)NC(=S)N1. The zero-order valence-electron chi connectivity index (χ0n) is 9.57. The van der Waals surface area contributed by atoms with E-state index in [1.165, 1.54) is 13.2 Å². The van der Waals surface area contributed by atoms with Gasteiger partial charge in [-0.05, 0) is 30.4 Å². The molecule has 18 heavy (non-hydrogen) atoms. The van der Waals surface area contributed by atoms with Crippen LogP contribution in [0.3, 0.4) is 0 Å². The normalized spacial score (nSPS) is 23.2. The Balaban J connectivity index is 2.46. The number of hydrogen-bond acceptors (Lipinski definition) is 3. The van der Waals surface area contributed by atoms with Crippen molar-refractivity contribution in [1.82, 2.24) is 10.6 Å². The van der Waals surface area contributed by atoms with Gasteiger partial charge in [0.25, 0.3) is 0 Å². The zero-order valence-corrected chi connectivity index (χ0v) is 11.1. The van der Waals surface area contributed by atoms with E-state index in [0.717, 1.165) is 5.56 Å². The highest BCUT2D eigenvalue weighted by Gasteiger charge is 2.32. The van der Waals surface area contributed by atoms with Crippen molar-refractivity contribution in [2.75, 3.05) is 7.11 Å². The molecule has 1 aromatic carbocycles. The van der Waals surface area contributed by atoms with Gasteiger partial charge in [0.15, 0.2) is 10.8 Å². The van der Waals surface area contributed by atoms with Gasteiger partial charge in [-0.3, -0.25) is 10.1 Å². The summed E-state index contributed by atoms with van der Waals surface area (Å²) in [5, 5.41) is 6.29. The van der Waals surface area contributed by atoms with Gasteiger partial charge in [-0.2, -0.15) is 0 Å². The van der Waals surface area contributed by atoms with Crippen molar-refractivity contribution in [3.8, 4) is 0 Å². The summed E-state index contributed by atoms with van der Waals surface area (Å²) in [7, 11) is 1.53. The molecule has 1 aromatic rings. The van der Waals surface area contributed by atoms with Gasteiger partial charge < -0.3 is 10.1 Å². The molecule has 1 amide bonds. The second kappa shape index (κ2) is 5.06. The summed E-state index contributed by atoms with van der Waals surface area (Å²) in [6.45, 7) is 0. The van der Waals surface area contributed by atoms with Crippen molar-refractivity contribution in [2.45, 2.75) is 5.72 Å². The lowest BCUT2D eigenvalue weighted by Crippen LogP contribution is -2.48. The average molecular weight is 283 g/mol. The molecule has 0 fully saturated rings. The highest BCUT2D eigenvalue weighted by molar-refractivity contribution is 7.80. The fraction of sp³-hybridized carbons (Fsp3) is 0.167. The van der Waals surface area contributed by atoms with Crippen LogP contribution in [0.4, 0.5) is 0 Å². The van der Waals surface area contributed by atoms with Crippen LogP contribution in [0.1, 0.15) is 5.56 Å². The van der Waals surface area contributed by atoms with E-state index in [-0.39, 0.29) is 11.0 Å². The van der Waals surface area contributed by atoms with Crippen LogP contribution in [0.2, 0.25) is 5.02 Å². The summed E-state index contributed by atoms with van der Waals surface area (Å²) in [4.78, 5) is 11.4. The molecule has 1 aliphatic heterocycles. The fourth-order valence-corrected chi connectivity index (χ4v) is 2.07. The van der Waals surface area contributed by atoms with E-state index < -0.39 is 5.72 Å². The second-order valence-electron chi connectivity index (χ2n) is 3.72. The number of carbonyl (C=O) groups excluding carboxylic acids is 1. The number of hydrogen-bond donors (Lipinski definition) is 2. The van der Waals surface area contributed by atoms with Gasteiger partial charge >= 0.3 is 0 Å². The zero-order chi connectivity index (χ0) is 13.2. The molecule has 0 bridgehead atoms. The van der Waals surface area contributed by atoms with Crippen LogP contribution in [0.5, 0.6) is 0 Å². The van der Waals surface area contributed by atoms with Crippen molar-refractivity contribution in [3.05, 3.63) is 47.0 Å². The number of benzene rings is 1. The highest BCUT2D eigenvalue weighted by atomic mass is 35.5. The van der Waals surface area contributed by atoms with Crippen LogP contribution in [-0.4, -0.2) is 18.1 Å². The van der Waals surface area contributed by atoms with Crippen LogP contribution in [0.25, 0.3) is 0 Å². The minimum atomic E-state index is -0.971. The molecule has 1 heterocycles. The second-order valence-corrected chi connectivity index (χ2v) is 4.57. The monoisotopic (exact) mass is 282 g/mol. The molecule has 0 saturated heterocycles. The molecule has 94 valence electrons. The maximum Gasteiger partial charge on any atom is 0.249 e. The number of methoxy groups -OCH3 is 1. The van der Waals surface area contributed by atoms with E-state index >= 15 is 0 Å². The number of nitrogens with one attached hydrogen (secondary N) is 2. The lowest BCUT2D eigenvalue weighted by Gasteiger charge is -2.30. The Kier molecular flexibility index (Phi) is 3.65. The number of ether oxygens (including phenoxy) is 1. The molecule has 4 nitrogen and oxygen atoms in total. The van der Waals surface area contributed by atoms with E-state index in [1.54, 1.807) is 18.2 Å². The van der Waals surface area contributed by atoms with Crippen LogP contribution in [0, 0.1) is 0 Å². The van der Waals surface area contributed by atoms with Crippen LogP contribution >= 0.6 is 23.8 Å². The summed E-state index contributed by atoms with van der Waals surface area (Å²) < 4.78 is 5.48. The van der Waals surface area contributed by atoms with Crippen molar-refractivity contribution in [1.29, 1.82) is 0 Å². The van der Waals surface area contributed by atoms with Gasteiger partial charge in [0, 0.05) is 23.8 Å². The molecular weight excluding hydrogens is 272 g/mol. The van der Waals surface area contributed by atoms with Gasteiger partial charge in [0.2, 0.25) is 5.91 Å². The molecule has 1 aliphatic rings. The predicted molar refractivity (Wildman–Crippen MR) is 73.2 cm³/mol. The maximum absolute atomic E-state index is 11.4. The summed E-state index contributed by atoms with van der Waals surface area (Å²) in [5.74, 6) is -0.291. The maximum atomic E-state index is 11.4. The van der Waals surface area contributed by atoms with Gasteiger partial charge in [-0.25, -0.2) is 0 Å². The standard InChI is InChI=1S/C12H11ClN2O2S/c1-17-12(8-2-4-9(13)5-3-8)7-6-10(16)14-11(18)15-12/h2-7H,1H3,(H2,14,15,16,18). The number of carbonyl (C=O) groups is 1. The number of amides is 1. The third-order valence-electron chi connectivity index (χ3n) is 2.60. The lowest BCUT2D eigenvalue weighted by molar-refractivity contribution is -0.115. The summed E-state index contributed by atoms with van der Waals surface area (Å²) in [6.07, 6.45) is 3.00. The Morgan fingerprint density at radius 2 is 2.00 bits per heavy atom. The lowest BCUT2D eigenvalue weighted by atomic mass is 10.0. The first-order valence-electron chi connectivity index (χ1n) is 5.19. The van der Waals surface area contributed by atoms with Gasteiger partial charge in [-0.15, -0.1) is 0 Å². The molecule has 0 saturated carbocycles. The number of thiocarbonyl (C=S) groups is 1.